The molecule has 0 aliphatic carbocycles. The van der Waals surface area contributed by atoms with Crippen LogP contribution in [0.2, 0.25) is 0 Å². The Morgan fingerprint density at radius 2 is 2.15 bits per heavy atom. The number of anilines is 2. The number of nitriles is 1. The van der Waals surface area contributed by atoms with Gasteiger partial charge in [-0.05, 0) is 13.0 Å². The van der Waals surface area contributed by atoms with Gasteiger partial charge in [0.25, 0.3) is 0 Å². The smallest absolute Gasteiger partial charge is 0.323 e. The van der Waals surface area contributed by atoms with Crippen molar-refractivity contribution in [1.29, 1.82) is 5.26 Å². The third kappa shape index (κ3) is 3.42. The molecule has 1 unspecified atom stereocenters. The molecule has 3 heterocycles. The minimum absolute atomic E-state index is 0.290. The molecule has 0 aromatic carbocycles. The van der Waals surface area contributed by atoms with Crippen LogP contribution in [-0.4, -0.2) is 32.7 Å². The molecule has 26 heavy (non-hydrogen) atoms. The molecule has 0 radical (unpaired) electrons. The number of nitrogens with one attached hydrogen (secondary N) is 2. The SMILES string of the molecule is COC(C)c1c(NC(=O)Nc2cncc(C#N)c2)cnc2cc(F)nn12. The Kier molecular flexibility index (Phi) is 4.72. The van der Waals surface area contributed by atoms with E-state index in [-0.39, 0.29) is 0 Å². The number of carbonyl (C=O) groups excluding carboxylic acids is 1. The summed E-state index contributed by atoms with van der Waals surface area (Å²) in [5, 5.41) is 17.8. The van der Waals surface area contributed by atoms with Crippen LogP contribution < -0.4 is 10.6 Å². The Morgan fingerprint density at radius 3 is 2.88 bits per heavy atom. The van der Waals surface area contributed by atoms with Gasteiger partial charge in [0.1, 0.15) is 6.07 Å². The van der Waals surface area contributed by atoms with Crippen LogP contribution in [0.1, 0.15) is 24.3 Å². The first-order valence-electron chi connectivity index (χ1n) is 7.52. The van der Waals surface area contributed by atoms with Crippen LogP contribution in [-0.2, 0) is 4.74 Å². The van der Waals surface area contributed by atoms with Crippen molar-refractivity contribution < 1.29 is 13.9 Å². The zero-order valence-electron chi connectivity index (χ0n) is 13.9. The van der Waals surface area contributed by atoms with Crippen molar-refractivity contribution in [3.05, 3.63) is 47.9 Å². The van der Waals surface area contributed by atoms with Crippen molar-refractivity contribution in [3.8, 4) is 6.07 Å². The number of carbonyl (C=O) groups is 1. The van der Waals surface area contributed by atoms with Crippen molar-refractivity contribution in [2.75, 3.05) is 17.7 Å². The molecule has 0 aliphatic heterocycles. The normalized spacial score (nSPS) is 11.8. The molecule has 2 amide bonds. The zero-order valence-corrected chi connectivity index (χ0v) is 13.9. The molecule has 9 nitrogen and oxygen atoms in total. The van der Waals surface area contributed by atoms with Crippen molar-refractivity contribution in [2.45, 2.75) is 13.0 Å². The molecule has 0 saturated carbocycles. The number of methoxy groups -OCH3 is 1. The fraction of sp³-hybridized carbons (Fsp3) is 0.188. The lowest BCUT2D eigenvalue weighted by molar-refractivity contribution is 0.114. The van der Waals surface area contributed by atoms with E-state index in [1.54, 1.807) is 6.92 Å². The van der Waals surface area contributed by atoms with Crippen molar-refractivity contribution in [3.63, 3.8) is 0 Å². The van der Waals surface area contributed by atoms with Gasteiger partial charge in [0.05, 0.1) is 41.1 Å². The van der Waals surface area contributed by atoms with Crippen molar-refractivity contribution >= 4 is 23.1 Å². The number of aromatic nitrogens is 4. The van der Waals surface area contributed by atoms with Gasteiger partial charge in [-0.2, -0.15) is 9.65 Å². The Balaban J connectivity index is 1.90. The number of halogens is 1. The van der Waals surface area contributed by atoms with Gasteiger partial charge in [0.15, 0.2) is 5.65 Å². The fourth-order valence-corrected chi connectivity index (χ4v) is 2.38. The van der Waals surface area contributed by atoms with E-state index in [9.17, 15) is 9.18 Å². The number of hydrogen-bond acceptors (Lipinski definition) is 6. The minimum Gasteiger partial charge on any atom is -0.375 e. The zero-order chi connectivity index (χ0) is 18.7. The monoisotopic (exact) mass is 355 g/mol. The Labute approximate surface area is 147 Å². The summed E-state index contributed by atoms with van der Waals surface area (Å²) in [6.45, 7) is 1.73. The summed E-state index contributed by atoms with van der Waals surface area (Å²) in [6, 6.07) is 4.01. The van der Waals surface area contributed by atoms with Crippen LogP contribution in [0.5, 0.6) is 0 Å². The van der Waals surface area contributed by atoms with Crippen LogP contribution in [0.15, 0.2) is 30.7 Å². The van der Waals surface area contributed by atoms with Gasteiger partial charge in [-0.1, -0.05) is 0 Å². The van der Waals surface area contributed by atoms with Gasteiger partial charge in [-0.15, -0.1) is 5.10 Å². The number of nitrogens with zero attached hydrogens (tertiary/aromatic N) is 5. The highest BCUT2D eigenvalue weighted by molar-refractivity contribution is 6.00. The third-order valence-corrected chi connectivity index (χ3v) is 3.60. The fourth-order valence-electron chi connectivity index (χ4n) is 2.38. The second kappa shape index (κ2) is 7.12. The average molecular weight is 355 g/mol. The van der Waals surface area contributed by atoms with E-state index in [0.717, 1.165) is 0 Å². The van der Waals surface area contributed by atoms with E-state index >= 15 is 0 Å². The molecule has 2 N–H and O–H groups in total. The Morgan fingerprint density at radius 1 is 1.35 bits per heavy atom. The lowest BCUT2D eigenvalue weighted by Crippen LogP contribution is -2.22. The standard InChI is InChI=1S/C16H14FN7O2/c1-9(26-2)15-12(8-20-14-4-13(17)23-24(14)15)22-16(25)21-11-3-10(5-18)6-19-7-11/h3-4,6-9H,1-2H3,(H2,21,22,25). The Hall–Kier alpha value is -3.58. The molecular weight excluding hydrogens is 341 g/mol. The van der Waals surface area contributed by atoms with E-state index in [1.807, 2.05) is 6.07 Å². The van der Waals surface area contributed by atoms with Crippen LogP contribution in [0.4, 0.5) is 20.6 Å². The first-order chi connectivity index (χ1) is 12.5. The highest BCUT2D eigenvalue weighted by atomic mass is 19.1. The maximum atomic E-state index is 13.5. The van der Waals surface area contributed by atoms with E-state index in [1.165, 1.54) is 42.3 Å². The topological polar surface area (TPSA) is 117 Å². The number of hydrogen-bond donors (Lipinski definition) is 2. The molecule has 0 bridgehead atoms. The van der Waals surface area contributed by atoms with Gasteiger partial charge < -0.3 is 15.4 Å². The molecule has 1 atom stereocenters. The highest BCUT2D eigenvalue weighted by Gasteiger charge is 2.19. The summed E-state index contributed by atoms with van der Waals surface area (Å²) >= 11 is 0. The summed E-state index contributed by atoms with van der Waals surface area (Å²) in [4.78, 5) is 20.2. The third-order valence-electron chi connectivity index (χ3n) is 3.60. The number of fused-ring (bicyclic) bond motifs is 1. The number of urea groups is 1. The molecule has 3 aromatic heterocycles. The Bertz CT molecular complexity index is 1010. The van der Waals surface area contributed by atoms with Crippen molar-refractivity contribution in [2.24, 2.45) is 0 Å². The molecule has 0 aliphatic rings. The first-order valence-corrected chi connectivity index (χ1v) is 7.52. The molecule has 0 spiro atoms. The number of ether oxygens (including phenoxy) is 1. The van der Waals surface area contributed by atoms with Gasteiger partial charge >= 0.3 is 6.03 Å². The maximum absolute atomic E-state index is 13.5. The molecule has 0 saturated heterocycles. The molecule has 3 rings (SSSR count). The molecule has 3 aromatic rings. The van der Waals surface area contributed by atoms with Crippen LogP contribution in [0.3, 0.4) is 0 Å². The van der Waals surface area contributed by atoms with Crippen LogP contribution >= 0.6 is 0 Å². The molecule has 0 fully saturated rings. The summed E-state index contributed by atoms with van der Waals surface area (Å²) in [7, 11) is 1.49. The van der Waals surface area contributed by atoms with Crippen LogP contribution in [0.25, 0.3) is 5.65 Å². The van der Waals surface area contributed by atoms with E-state index < -0.39 is 18.1 Å². The number of amides is 2. The van der Waals surface area contributed by atoms with Gasteiger partial charge in [0.2, 0.25) is 5.95 Å². The van der Waals surface area contributed by atoms with Crippen LogP contribution in [0, 0.1) is 17.3 Å². The summed E-state index contributed by atoms with van der Waals surface area (Å²) in [6.07, 6.45) is 3.69. The van der Waals surface area contributed by atoms with E-state index in [4.69, 9.17) is 10.00 Å². The van der Waals surface area contributed by atoms with Gasteiger partial charge in [0, 0.05) is 19.4 Å². The van der Waals surface area contributed by atoms with Gasteiger partial charge in [-0.25, -0.2) is 14.3 Å². The first kappa shape index (κ1) is 17.2. The quantitative estimate of drug-likeness (QED) is 0.742. The average Bonchev–Trinajstić information content (AvgIpc) is 3.01. The summed E-state index contributed by atoms with van der Waals surface area (Å²) in [5.41, 5.74) is 1.68. The summed E-state index contributed by atoms with van der Waals surface area (Å²) < 4.78 is 20.0. The molecule has 10 heteroatoms. The summed E-state index contributed by atoms with van der Waals surface area (Å²) in [5.74, 6) is -0.692. The highest BCUT2D eigenvalue weighted by Crippen LogP contribution is 2.25. The largest absolute Gasteiger partial charge is 0.375 e. The van der Waals surface area contributed by atoms with E-state index in [2.05, 4.69) is 25.7 Å². The number of pyridine rings is 1. The van der Waals surface area contributed by atoms with Gasteiger partial charge in [-0.3, -0.25) is 4.98 Å². The van der Waals surface area contributed by atoms with E-state index in [0.29, 0.717) is 28.3 Å². The lowest BCUT2D eigenvalue weighted by Gasteiger charge is -2.17. The number of rotatable bonds is 4. The predicted octanol–water partition coefficient (Wildman–Crippen LogP) is 2.49. The minimum atomic E-state index is -0.692. The molecular formula is C16H14FN7O2. The molecule has 132 valence electrons. The second-order valence-corrected chi connectivity index (χ2v) is 5.33. The second-order valence-electron chi connectivity index (χ2n) is 5.33. The lowest BCUT2D eigenvalue weighted by atomic mass is 10.2. The maximum Gasteiger partial charge on any atom is 0.323 e. The predicted molar refractivity (Wildman–Crippen MR) is 90.0 cm³/mol. The van der Waals surface area contributed by atoms with Crippen molar-refractivity contribution in [1.82, 2.24) is 19.6 Å².